The Morgan fingerprint density at radius 2 is 1.39 bits per heavy atom. The molecule has 0 spiro atoms. The highest BCUT2D eigenvalue weighted by Gasteiger charge is 2.37. The third kappa shape index (κ3) is 19.2. The summed E-state index contributed by atoms with van der Waals surface area (Å²) in [5.41, 5.74) is 6.86. The second-order valence-electron chi connectivity index (χ2n) is 16.3. The SMILES string of the molecule is CC(C)(C)C(c1cc(-c2cc(F)ccc2F)cn1Cc1ccccc1)N(CCCOC(N)=O)C(=O)CSCCC(=O)NCCOCCOCCOCCOCCNC(=O)CN1C(=O)C=CC1=O. The van der Waals surface area contributed by atoms with Gasteiger partial charge in [-0.15, -0.1) is 0 Å². The van der Waals surface area contributed by atoms with Crippen LogP contribution >= 0.6 is 11.8 Å². The van der Waals surface area contributed by atoms with E-state index in [4.69, 9.17) is 29.4 Å². The van der Waals surface area contributed by atoms with Gasteiger partial charge in [0.1, 0.15) is 18.2 Å². The first kappa shape index (κ1) is 53.9. The Morgan fingerprint density at radius 1 is 0.791 bits per heavy atom. The Morgan fingerprint density at radius 3 is 1.99 bits per heavy atom. The molecule has 4 rings (SSSR count). The molecule has 0 fully saturated rings. The number of imide groups is 1. The maximum atomic E-state index is 15.2. The zero-order chi connectivity index (χ0) is 48.6. The van der Waals surface area contributed by atoms with Crippen molar-refractivity contribution in [3.05, 3.63) is 95.8 Å². The van der Waals surface area contributed by atoms with Crippen molar-refractivity contribution in [1.29, 1.82) is 0 Å². The van der Waals surface area contributed by atoms with Crippen LogP contribution in [-0.4, -0.2) is 147 Å². The molecule has 1 aliphatic heterocycles. The van der Waals surface area contributed by atoms with Crippen LogP contribution in [0.1, 0.15) is 50.9 Å². The number of halogens is 2. The van der Waals surface area contributed by atoms with Gasteiger partial charge in [0, 0.05) is 73.5 Å². The molecular formula is C47H62F2N6O11S. The Hall–Kier alpha value is -5.67. The largest absolute Gasteiger partial charge is 0.450 e. The number of nitrogens with zero attached hydrogens (tertiary/aromatic N) is 3. The smallest absolute Gasteiger partial charge is 0.404 e. The molecule has 1 aliphatic rings. The lowest BCUT2D eigenvalue weighted by Crippen LogP contribution is -2.44. The molecule has 4 N–H and O–H groups in total. The van der Waals surface area contributed by atoms with Crippen molar-refractivity contribution in [3.63, 3.8) is 0 Å². The van der Waals surface area contributed by atoms with E-state index in [9.17, 15) is 33.2 Å². The van der Waals surface area contributed by atoms with Crippen LogP contribution in [0, 0.1) is 17.0 Å². The molecule has 3 aromatic rings. The van der Waals surface area contributed by atoms with Gasteiger partial charge in [-0.1, -0.05) is 51.1 Å². The summed E-state index contributed by atoms with van der Waals surface area (Å²) in [5.74, 6) is -2.64. The number of carbonyl (C=O) groups is 6. The average molecular weight is 957 g/mol. The molecule has 20 heteroatoms. The van der Waals surface area contributed by atoms with Crippen molar-refractivity contribution in [1.82, 2.24) is 25.0 Å². The van der Waals surface area contributed by atoms with Gasteiger partial charge in [-0.25, -0.2) is 13.6 Å². The molecule has 0 aliphatic carbocycles. The molecule has 17 nitrogen and oxygen atoms in total. The van der Waals surface area contributed by atoms with Gasteiger partial charge in [-0.3, -0.25) is 28.9 Å². The molecule has 1 unspecified atom stereocenters. The van der Waals surface area contributed by atoms with Crippen molar-refractivity contribution < 1.29 is 61.2 Å². The minimum Gasteiger partial charge on any atom is -0.450 e. The van der Waals surface area contributed by atoms with E-state index in [1.54, 1.807) is 17.2 Å². The van der Waals surface area contributed by atoms with Gasteiger partial charge in [0.25, 0.3) is 11.8 Å². The number of nitrogens with two attached hydrogens (primary N) is 1. The van der Waals surface area contributed by atoms with E-state index in [2.05, 4.69) is 10.6 Å². The predicted octanol–water partition coefficient (Wildman–Crippen LogP) is 4.23. The zero-order valence-corrected chi connectivity index (χ0v) is 39.1. The summed E-state index contributed by atoms with van der Waals surface area (Å²) in [5, 5.41) is 5.39. The number of nitrogens with one attached hydrogen (secondary N) is 2. The molecule has 366 valence electrons. The quantitative estimate of drug-likeness (QED) is 0.0612. The normalized spacial score (nSPS) is 12.9. The summed E-state index contributed by atoms with van der Waals surface area (Å²) >= 11 is 1.31. The molecular weight excluding hydrogens is 895 g/mol. The number of hydrogen-bond acceptors (Lipinski definition) is 12. The lowest BCUT2D eigenvalue weighted by molar-refractivity contribution is -0.141. The minimum atomic E-state index is -0.925. The van der Waals surface area contributed by atoms with Crippen LogP contribution in [0.25, 0.3) is 11.1 Å². The van der Waals surface area contributed by atoms with Gasteiger partial charge in [0.2, 0.25) is 17.7 Å². The fourth-order valence-electron chi connectivity index (χ4n) is 6.99. The van der Waals surface area contributed by atoms with E-state index in [1.165, 1.54) is 11.8 Å². The van der Waals surface area contributed by atoms with Crippen LogP contribution in [0.3, 0.4) is 0 Å². The second kappa shape index (κ2) is 28.5. The van der Waals surface area contributed by atoms with E-state index in [-0.39, 0.29) is 69.0 Å². The number of carbonyl (C=O) groups excluding carboxylic acids is 6. The summed E-state index contributed by atoms with van der Waals surface area (Å²) in [4.78, 5) is 75.6. The Bertz CT molecular complexity index is 2100. The average Bonchev–Trinajstić information content (AvgIpc) is 3.83. The zero-order valence-electron chi connectivity index (χ0n) is 38.3. The fourth-order valence-corrected chi connectivity index (χ4v) is 7.80. The number of aromatic nitrogens is 1. The summed E-state index contributed by atoms with van der Waals surface area (Å²) in [6, 6.07) is 14.2. The lowest BCUT2D eigenvalue weighted by Gasteiger charge is -2.41. The third-order valence-corrected chi connectivity index (χ3v) is 11.0. The van der Waals surface area contributed by atoms with Gasteiger partial charge >= 0.3 is 6.09 Å². The van der Waals surface area contributed by atoms with Crippen molar-refractivity contribution in [2.75, 3.05) is 97.1 Å². The summed E-state index contributed by atoms with van der Waals surface area (Å²) < 4.78 is 58.4. The van der Waals surface area contributed by atoms with E-state index >= 15 is 4.39 Å². The van der Waals surface area contributed by atoms with Crippen LogP contribution in [0.4, 0.5) is 13.6 Å². The lowest BCUT2D eigenvalue weighted by atomic mass is 9.83. The molecule has 0 saturated carbocycles. The number of benzene rings is 2. The Labute approximate surface area is 394 Å². The second-order valence-corrected chi connectivity index (χ2v) is 17.4. The molecule has 0 saturated heterocycles. The van der Waals surface area contributed by atoms with Crippen LogP contribution in [0.5, 0.6) is 0 Å². The van der Waals surface area contributed by atoms with E-state index in [0.717, 1.165) is 40.8 Å². The first-order valence-electron chi connectivity index (χ1n) is 22.0. The van der Waals surface area contributed by atoms with Gasteiger partial charge in [0.05, 0.1) is 71.3 Å². The molecule has 2 heterocycles. The molecule has 0 bridgehead atoms. The summed E-state index contributed by atoms with van der Waals surface area (Å²) in [6.45, 7) is 9.24. The number of rotatable bonds is 31. The maximum absolute atomic E-state index is 15.2. The summed E-state index contributed by atoms with van der Waals surface area (Å²) in [6.07, 6.45) is 3.55. The summed E-state index contributed by atoms with van der Waals surface area (Å²) in [7, 11) is 0. The van der Waals surface area contributed by atoms with Crippen LogP contribution in [0.2, 0.25) is 0 Å². The maximum Gasteiger partial charge on any atom is 0.404 e. The molecule has 67 heavy (non-hydrogen) atoms. The van der Waals surface area contributed by atoms with Crippen molar-refractivity contribution >= 4 is 47.4 Å². The molecule has 1 atom stereocenters. The van der Waals surface area contributed by atoms with E-state index in [1.807, 2.05) is 55.7 Å². The minimum absolute atomic E-state index is 0.0123. The standard InChI is InChI=1S/C47H62F2N6O11S/c1-47(2,3)45(39-28-35(37-29-36(48)10-11-38(37)49)31-53(39)30-34-8-5-4-6-9-34)54(17-7-18-66-46(50)61)44(60)33-67-27-14-40(56)51-15-19-62-21-23-64-25-26-65-24-22-63-20-16-52-41(57)32-55-42(58)12-13-43(55)59/h4-6,8-13,28-29,31,45H,7,14-27,30,32-33H2,1-3H3,(H2,50,61)(H,51,56)(H,52,57). The molecule has 0 radical (unpaired) electrons. The molecule has 2 aromatic carbocycles. The molecule has 6 amide bonds. The third-order valence-electron chi connectivity index (χ3n) is 10.0. The number of amides is 6. The van der Waals surface area contributed by atoms with Gasteiger partial charge in [0.15, 0.2) is 0 Å². The number of ether oxygens (including phenoxy) is 5. The van der Waals surface area contributed by atoms with Crippen LogP contribution in [-0.2, 0) is 54.2 Å². The van der Waals surface area contributed by atoms with Crippen molar-refractivity contribution in [3.8, 4) is 11.1 Å². The monoisotopic (exact) mass is 956 g/mol. The van der Waals surface area contributed by atoms with Gasteiger partial charge < -0.3 is 49.5 Å². The van der Waals surface area contributed by atoms with Crippen molar-refractivity contribution in [2.24, 2.45) is 11.1 Å². The van der Waals surface area contributed by atoms with Gasteiger partial charge in [-0.2, -0.15) is 11.8 Å². The van der Waals surface area contributed by atoms with E-state index in [0.29, 0.717) is 76.2 Å². The topological polar surface area (TPSA) is 210 Å². The number of thioether (sulfide) groups is 1. The Balaban J connectivity index is 1.15. The first-order chi connectivity index (χ1) is 32.1. The van der Waals surface area contributed by atoms with Crippen LogP contribution < -0.4 is 16.4 Å². The Kier molecular flexibility index (Phi) is 22.9. The van der Waals surface area contributed by atoms with Crippen LogP contribution in [0.15, 0.2) is 72.9 Å². The van der Waals surface area contributed by atoms with Crippen molar-refractivity contribution in [2.45, 2.75) is 46.2 Å². The highest BCUT2D eigenvalue weighted by Crippen LogP contribution is 2.41. The number of primary amides is 1. The highest BCUT2D eigenvalue weighted by atomic mass is 32.2. The van der Waals surface area contributed by atoms with Gasteiger partial charge in [-0.05, 0) is 41.7 Å². The fraction of sp³-hybridized carbons (Fsp3) is 0.489. The first-order valence-corrected chi connectivity index (χ1v) is 23.2. The highest BCUT2D eigenvalue weighted by molar-refractivity contribution is 7.99. The number of hydrogen-bond donors (Lipinski definition) is 3. The molecule has 1 aromatic heterocycles. The predicted molar refractivity (Wildman–Crippen MR) is 246 cm³/mol. The van der Waals surface area contributed by atoms with E-state index < -0.39 is 46.9 Å².